The Morgan fingerprint density at radius 3 is 2.52 bits per heavy atom. The Bertz CT molecular complexity index is 1090. The summed E-state index contributed by atoms with van der Waals surface area (Å²) in [4.78, 5) is -0.0203. The lowest BCUT2D eigenvalue weighted by atomic mass is 9.70. The minimum Gasteiger partial charge on any atom is -0.312 e. The Morgan fingerprint density at radius 1 is 1.17 bits per heavy atom. The highest BCUT2D eigenvalue weighted by molar-refractivity contribution is 7.89. The van der Waals surface area contributed by atoms with Crippen LogP contribution < -0.4 is 10.5 Å². The molecule has 4 rings (SSSR count). The van der Waals surface area contributed by atoms with Crippen LogP contribution in [0.25, 0.3) is 22.5 Å². The molecular weight excluding hydrogens is 388 g/mol. The SMILES string of the molecule is CC1(CNCc2ccc(-c3cccc(S(N)(=O)=O)c3-c3nnn[nH]3)cc2)CCC1. The van der Waals surface area contributed by atoms with E-state index in [1.165, 1.54) is 30.9 Å². The summed E-state index contributed by atoms with van der Waals surface area (Å²) in [6.45, 7) is 4.14. The normalized spacial score (nSPS) is 15.8. The topological polar surface area (TPSA) is 127 Å². The molecule has 1 aliphatic rings. The maximum Gasteiger partial charge on any atom is 0.238 e. The number of nitrogens with one attached hydrogen (secondary N) is 2. The van der Waals surface area contributed by atoms with Crippen LogP contribution in [-0.2, 0) is 16.6 Å². The van der Waals surface area contributed by atoms with Gasteiger partial charge in [-0.15, -0.1) is 5.10 Å². The van der Waals surface area contributed by atoms with Crippen LogP contribution in [0.4, 0.5) is 0 Å². The van der Waals surface area contributed by atoms with Gasteiger partial charge in [-0.05, 0) is 51.4 Å². The van der Waals surface area contributed by atoms with Crippen molar-refractivity contribution in [2.24, 2.45) is 10.6 Å². The Morgan fingerprint density at radius 2 is 1.93 bits per heavy atom. The molecule has 29 heavy (non-hydrogen) atoms. The second kappa shape index (κ2) is 7.66. The second-order valence-electron chi connectivity index (χ2n) is 7.94. The summed E-state index contributed by atoms with van der Waals surface area (Å²) in [7, 11) is -3.95. The molecule has 2 aromatic carbocycles. The monoisotopic (exact) mass is 412 g/mol. The molecular formula is C20H24N6O2S. The van der Waals surface area contributed by atoms with Crippen molar-refractivity contribution in [2.45, 2.75) is 37.6 Å². The van der Waals surface area contributed by atoms with Gasteiger partial charge >= 0.3 is 0 Å². The van der Waals surface area contributed by atoms with Gasteiger partial charge in [0.2, 0.25) is 10.0 Å². The number of benzene rings is 2. The smallest absolute Gasteiger partial charge is 0.238 e. The highest BCUT2D eigenvalue weighted by atomic mass is 32.2. The van der Waals surface area contributed by atoms with Gasteiger partial charge in [-0.25, -0.2) is 18.7 Å². The zero-order valence-electron chi connectivity index (χ0n) is 16.2. The first-order chi connectivity index (χ1) is 13.9. The number of aromatic amines is 1. The number of H-pyrrole nitrogens is 1. The van der Waals surface area contributed by atoms with Crippen LogP contribution in [0.1, 0.15) is 31.7 Å². The Hall–Kier alpha value is -2.62. The third-order valence-corrected chi connectivity index (χ3v) is 6.57. The fourth-order valence-electron chi connectivity index (χ4n) is 3.79. The van der Waals surface area contributed by atoms with Gasteiger partial charge < -0.3 is 5.32 Å². The first-order valence-electron chi connectivity index (χ1n) is 9.56. The minimum atomic E-state index is -3.95. The largest absolute Gasteiger partial charge is 0.312 e. The van der Waals surface area contributed by atoms with Crippen LogP contribution in [0.5, 0.6) is 0 Å². The van der Waals surface area contributed by atoms with E-state index in [1.54, 1.807) is 6.07 Å². The van der Waals surface area contributed by atoms with Crippen molar-refractivity contribution in [2.75, 3.05) is 6.54 Å². The van der Waals surface area contributed by atoms with E-state index in [1.807, 2.05) is 30.3 Å². The van der Waals surface area contributed by atoms with Gasteiger partial charge in [0.1, 0.15) is 0 Å². The molecule has 0 unspecified atom stereocenters. The summed E-state index contributed by atoms with van der Waals surface area (Å²) in [5.74, 6) is 0.254. The third kappa shape index (κ3) is 4.21. The molecule has 0 atom stereocenters. The molecule has 0 saturated heterocycles. The van der Waals surface area contributed by atoms with Crippen LogP contribution in [0.2, 0.25) is 0 Å². The molecule has 0 radical (unpaired) electrons. The molecule has 1 heterocycles. The average Bonchev–Trinajstić information content (AvgIpc) is 3.20. The van der Waals surface area contributed by atoms with Crippen LogP contribution in [0.3, 0.4) is 0 Å². The molecule has 0 aliphatic heterocycles. The van der Waals surface area contributed by atoms with Crippen LogP contribution in [0, 0.1) is 5.41 Å². The van der Waals surface area contributed by atoms with Crippen LogP contribution >= 0.6 is 0 Å². The fourth-order valence-corrected chi connectivity index (χ4v) is 4.55. The number of nitrogens with two attached hydrogens (primary N) is 1. The van der Waals surface area contributed by atoms with Crippen molar-refractivity contribution < 1.29 is 8.42 Å². The molecule has 1 aliphatic carbocycles. The number of tetrazole rings is 1. The Labute approximate surface area is 170 Å². The summed E-state index contributed by atoms with van der Waals surface area (Å²) in [5.41, 5.74) is 3.52. The van der Waals surface area contributed by atoms with Crippen molar-refractivity contribution in [3.05, 3.63) is 48.0 Å². The van der Waals surface area contributed by atoms with E-state index in [4.69, 9.17) is 5.14 Å². The quantitative estimate of drug-likeness (QED) is 0.547. The van der Waals surface area contributed by atoms with E-state index < -0.39 is 10.0 Å². The lowest BCUT2D eigenvalue weighted by Gasteiger charge is -2.38. The van der Waals surface area contributed by atoms with E-state index in [0.29, 0.717) is 16.5 Å². The van der Waals surface area contributed by atoms with Gasteiger partial charge in [-0.3, -0.25) is 0 Å². The number of rotatable bonds is 7. The van der Waals surface area contributed by atoms with Crippen LogP contribution in [0.15, 0.2) is 47.4 Å². The molecule has 4 N–H and O–H groups in total. The average molecular weight is 413 g/mol. The Balaban J connectivity index is 1.61. The maximum atomic E-state index is 12.1. The molecule has 8 nitrogen and oxygen atoms in total. The second-order valence-corrected chi connectivity index (χ2v) is 9.47. The molecule has 3 aromatic rings. The van der Waals surface area contributed by atoms with Crippen molar-refractivity contribution in [3.8, 4) is 22.5 Å². The zero-order valence-corrected chi connectivity index (χ0v) is 17.0. The molecule has 1 aromatic heterocycles. The molecule has 0 spiro atoms. The van der Waals surface area contributed by atoms with Gasteiger partial charge in [0.15, 0.2) is 5.82 Å². The van der Waals surface area contributed by atoms with E-state index >= 15 is 0 Å². The molecule has 1 saturated carbocycles. The van der Waals surface area contributed by atoms with Crippen molar-refractivity contribution in [1.29, 1.82) is 0 Å². The predicted molar refractivity (Wildman–Crippen MR) is 110 cm³/mol. The van der Waals surface area contributed by atoms with Gasteiger partial charge in [0.05, 0.1) is 4.90 Å². The van der Waals surface area contributed by atoms with E-state index in [0.717, 1.165) is 18.7 Å². The summed E-state index contributed by atoms with van der Waals surface area (Å²) >= 11 is 0. The Kier molecular flexibility index (Phi) is 5.20. The van der Waals surface area contributed by atoms with Gasteiger partial charge in [-0.2, -0.15) is 0 Å². The number of hydrogen-bond donors (Lipinski definition) is 3. The summed E-state index contributed by atoms with van der Waals surface area (Å²) < 4.78 is 24.2. The molecule has 1 fully saturated rings. The lowest BCUT2D eigenvalue weighted by Crippen LogP contribution is -2.36. The van der Waals surface area contributed by atoms with Gasteiger partial charge in [0, 0.05) is 18.7 Å². The third-order valence-electron chi connectivity index (χ3n) is 5.62. The van der Waals surface area contributed by atoms with Crippen LogP contribution in [-0.4, -0.2) is 35.6 Å². The zero-order chi connectivity index (χ0) is 20.5. The first kappa shape index (κ1) is 19.7. The highest BCUT2D eigenvalue weighted by Gasteiger charge is 2.30. The summed E-state index contributed by atoms with van der Waals surface area (Å²) in [6.07, 6.45) is 3.91. The van der Waals surface area contributed by atoms with Crippen molar-refractivity contribution in [1.82, 2.24) is 25.9 Å². The predicted octanol–water partition coefficient (Wildman–Crippen LogP) is 2.46. The van der Waals surface area contributed by atoms with E-state index in [2.05, 4.69) is 32.9 Å². The van der Waals surface area contributed by atoms with E-state index in [9.17, 15) is 8.42 Å². The standard InChI is InChI=1S/C20H24N6O2S/c1-20(10-3-11-20)13-22-12-14-6-8-15(9-7-14)16-4-2-5-17(29(21,27)28)18(16)19-23-25-26-24-19/h2,4-9,22H,3,10-13H2,1H3,(H2,21,27,28)(H,23,24,25,26). The van der Waals surface area contributed by atoms with Crippen molar-refractivity contribution >= 4 is 10.0 Å². The number of sulfonamides is 1. The molecule has 9 heteroatoms. The summed E-state index contributed by atoms with van der Waals surface area (Å²) in [5, 5.41) is 22.6. The number of aromatic nitrogens is 4. The number of nitrogens with zero attached hydrogens (tertiary/aromatic N) is 3. The molecule has 152 valence electrons. The lowest BCUT2D eigenvalue weighted by molar-refractivity contribution is 0.156. The minimum absolute atomic E-state index is 0.0203. The molecule has 0 bridgehead atoms. The number of hydrogen-bond acceptors (Lipinski definition) is 6. The van der Waals surface area contributed by atoms with Crippen molar-refractivity contribution in [3.63, 3.8) is 0 Å². The van der Waals surface area contributed by atoms with Gasteiger partial charge in [-0.1, -0.05) is 49.7 Å². The fraction of sp³-hybridized carbons (Fsp3) is 0.350. The highest BCUT2D eigenvalue weighted by Crippen LogP contribution is 2.39. The maximum absolute atomic E-state index is 12.1. The first-order valence-corrected chi connectivity index (χ1v) is 11.1. The van der Waals surface area contributed by atoms with Gasteiger partial charge in [0.25, 0.3) is 0 Å². The number of primary sulfonamides is 1. The molecule has 0 amide bonds. The summed E-state index contributed by atoms with van der Waals surface area (Å²) in [6, 6.07) is 13.0. The van der Waals surface area contributed by atoms with E-state index in [-0.39, 0.29) is 10.7 Å².